The molecule has 1 aromatic carbocycles. The molecule has 3 N–H and O–H groups in total. The summed E-state index contributed by atoms with van der Waals surface area (Å²) >= 11 is 5.86. The zero-order chi connectivity index (χ0) is 10.3. The predicted molar refractivity (Wildman–Crippen MR) is 54.4 cm³/mol. The van der Waals surface area contributed by atoms with Gasteiger partial charge in [-0.1, -0.05) is 11.6 Å². The van der Waals surface area contributed by atoms with Crippen LogP contribution in [0.1, 0.15) is 16.2 Å². The van der Waals surface area contributed by atoms with Crippen LogP contribution in [-0.4, -0.2) is 15.9 Å². The SMILES string of the molecule is Cc1nc2cc(C(N)=O)c(Cl)cc2[nH]1. The van der Waals surface area contributed by atoms with Gasteiger partial charge in [-0.05, 0) is 19.1 Å². The number of H-pyrrole nitrogens is 1. The van der Waals surface area contributed by atoms with Crippen LogP contribution in [0.25, 0.3) is 11.0 Å². The van der Waals surface area contributed by atoms with Gasteiger partial charge in [-0.3, -0.25) is 4.79 Å². The number of hydrogen-bond donors (Lipinski definition) is 2. The van der Waals surface area contributed by atoms with Gasteiger partial charge in [0, 0.05) is 0 Å². The van der Waals surface area contributed by atoms with Gasteiger partial charge in [0.2, 0.25) is 5.91 Å². The number of benzene rings is 1. The van der Waals surface area contributed by atoms with E-state index in [4.69, 9.17) is 17.3 Å². The molecule has 1 aromatic heterocycles. The van der Waals surface area contributed by atoms with Gasteiger partial charge in [-0.25, -0.2) is 4.98 Å². The van der Waals surface area contributed by atoms with E-state index in [1.54, 1.807) is 12.1 Å². The number of fused-ring (bicyclic) bond motifs is 1. The van der Waals surface area contributed by atoms with E-state index in [0.717, 1.165) is 11.3 Å². The molecule has 0 aliphatic carbocycles. The van der Waals surface area contributed by atoms with E-state index < -0.39 is 5.91 Å². The highest BCUT2D eigenvalue weighted by Crippen LogP contribution is 2.22. The molecule has 4 nitrogen and oxygen atoms in total. The van der Waals surface area contributed by atoms with Crippen LogP contribution in [0.15, 0.2) is 12.1 Å². The van der Waals surface area contributed by atoms with Gasteiger partial charge >= 0.3 is 0 Å². The van der Waals surface area contributed by atoms with E-state index in [1.165, 1.54) is 0 Å². The van der Waals surface area contributed by atoms with Crippen molar-refractivity contribution in [3.63, 3.8) is 0 Å². The van der Waals surface area contributed by atoms with Crippen molar-refractivity contribution in [3.05, 3.63) is 28.5 Å². The first kappa shape index (κ1) is 9.02. The maximum Gasteiger partial charge on any atom is 0.250 e. The average Bonchev–Trinajstić information content (AvgIpc) is 2.42. The molecule has 0 fully saturated rings. The number of carbonyl (C=O) groups excluding carboxylic acids is 1. The summed E-state index contributed by atoms with van der Waals surface area (Å²) < 4.78 is 0. The molecule has 0 bridgehead atoms. The maximum atomic E-state index is 11.0. The molecule has 5 heteroatoms. The number of halogens is 1. The lowest BCUT2D eigenvalue weighted by Crippen LogP contribution is -2.11. The van der Waals surface area contributed by atoms with Crippen LogP contribution in [0.3, 0.4) is 0 Å². The summed E-state index contributed by atoms with van der Waals surface area (Å²) in [6.45, 7) is 1.83. The third-order valence-corrected chi connectivity index (χ3v) is 2.27. The first-order valence-electron chi connectivity index (χ1n) is 4.03. The fourth-order valence-corrected chi connectivity index (χ4v) is 1.60. The molecule has 0 unspecified atom stereocenters. The van der Waals surface area contributed by atoms with Crippen LogP contribution in [0.5, 0.6) is 0 Å². The second-order valence-corrected chi connectivity index (χ2v) is 3.44. The minimum atomic E-state index is -0.544. The summed E-state index contributed by atoms with van der Waals surface area (Å²) in [7, 11) is 0. The smallest absolute Gasteiger partial charge is 0.250 e. The standard InChI is InChI=1S/C9H8ClN3O/c1-4-12-7-2-5(9(11)14)6(10)3-8(7)13-4/h2-3H,1H3,(H2,11,14)(H,12,13). The quantitative estimate of drug-likeness (QED) is 0.749. The molecule has 2 rings (SSSR count). The highest BCUT2D eigenvalue weighted by atomic mass is 35.5. The summed E-state index contributed by atoms with van der Waals surface area (Å²) in [5, 5.41) is 0.341. The van der Waals surface area contributed by atoms with Crippen molar-refractivity contribution in [2.45, 2.75) is 6.92 Å². The monoisotopic (exact) mass is 209 g/mol. The van der Waals surface area contributed by atoms with Gasteiger partial charge in [-0.2, -0.15) is 0 Å². The van der Waals surface area contributed by atoms with Crippen LogP contribution in [0, 0.1) is 6.92 Å². The number of aromatic amines is 1. The molecule has 0 atom stereocenters. The summed E-state index contributed by atoms with van der Waals surface area (Å²) in [6, 6.07) is 3.24. The maximum absolute atomic E-state index is 11.0. The number of nitrogens with zero attached hydrogens (tertiary/aromatic N) is 1. The normalized spacial score (nSPS) is 10.7. The Bertz CT molecular complexity index is 518. The minimum Gasteiger partial charge on any atom is -0.366 e. The number of imidazole rings is 1. The van der Waals surface area contributed by atoms with Crippen LogP contribution in [0.2, 0.25) is 5.02 Å². The zero-order valence-electron chi connectivity index (χ0n) is 7.47. The minimum absolute atomic E-state index is 0.297. The van der Waals surface area contributed by atoms with E-state index in [1.807, 2.05) is 6.92 Å². The lowest BCUT2D eigenvalue weighted by Gasteiger charge is -1.98. The molecule has 0 saturated heterocycles. The highest BCUT2D eigenvalue weighted by molar-refractivity contribution is 6.34. The molecule has 1 heterocycles. The fraction of sp³-hybridized carbons (Fsp3) is 0.111. The Balaban J connectivity index is 2.76. The average molecular weight is 210 g/mol. The first-order chi connectivity index (χ1) is 6.58. The first-order valence-corrected chi connectivity index (χ1v) is 4.41. The topological polar surface area (TPSA) is 71.8 Å². The highest BCUT2D eigenvalue weighted by Gasteiger charge is 2.09. The largest absolute Gasteiger partial charge is 0.366 e. The van der Waals surface area contributed by atoms with E-state index in [-0.39, 0.29) is 0 Å². The molecule has 0 aliphatic heterocycles. The van der Waals surface area contributed by atoms with E-state index in [9.17, 15) is 4.79 Å². The second-order valence-electron chi connectivity index (χ2n) is 3.04. The van der Waals surface area contributed by atoms with Crippen LogP contribution in [-0.2, 0) is 0 Å². The van der Waals surface area contributed by atoms with Gasteiger partial charge in [0.25, 0.3) is 0 Å². The Morgan fingerprint density at radius 3 is 2.93 bits per heavy atom. The molecule has 1 amide bonds. The van der Waals surface area contributed by atoms with E-state index in [2.05, 4.69) is 9.97 Å². The molecule has 0 spiro atoms. The van der Waals surface area contributed by atoms with Crippen molar-refractivity contribution in [3.8, 4) is 0 Å². The van der Waals surface area contributed by atoms with Crippen molar-refractivity contribution in [2.24, 2.45) is 5.73 Å². The van der Waals surface area contributed by atoms with Crippen LogP contribution in [0.4, 0.5) is 0 Å². The molecule has 2 aromatic rings. The number of nitrogens with two attached hydrogens (primary N) is 1. The lowest BCUT2D eigenvalue weighted by molar-refractivity contribution is 0.100. The number of amides is 1. The van der Waals surface area contributed by atoms with E-state index >= 15 is 0 Å². The summed E-state index contributed by atoms with van der Waals surface area (Å²) in [5.74, 6) is 0.232. The van der Waals surface area contributed by atoms with Crippen molar-refractivity contribution in [2.75, 3.05) is 0 Å². The predicted octanol–water partition coefficient (Wildman–Crippen LogP) is 1.62. The summed E-state index contributed by atoms with van der Waals surface area (Å²) in [4.78, 5) is 18.2. The molecule has 0 aliphatic rings. The third kappa shape index (κ3) is 1.33. The number of hydrogen-bond acceptors (Lipinski definition) is 2. The van der Waals surface area contributed by atoms with Crippen LogP contribution >= 0.6 is 11.6 Å². The third-order valence-electron chi connectivity index (χ3n) is 1.95. The van der Waals surface area contributed by atoms with Crippen LogP contribution < -0.4 is 5.73 Å². The number of aromatic nitrogens is 2. The Kier molecular flexibility index (Phi) is 1.93. The molecule has 72 valence electrons. The van der Waals surface area contributed by atoms with Gasteiger partial charge in [0.05, 0.1) is 21.6 Å². The number of nitrogens with one attached hydrogen (secondary N) is 1. The number of aryl methyl sites for hydroxylation is 1. The molecule has 0 saturated carbocycles. The van der Waals surface area contributed by atoms with Crippen molar-refractivity contribution < 1.29 is 4.79 Å². The van der Waals surface area contributed by atoms with Crippen molar-refractivity contribution in [1.29, 1.82) is 0 Å². The summed E-state index contributed by atoms with van der Waals surface area (Å²) in [5.41, 5.74) is 6.95. The molecule has 14 heavy (non-hydrogen) atoms. The summed E-state index contributed by atoms with van der Waals surface area (Å²) in [6.07, 6.45) is 0. The van der Waals surface area contributed by atoms with Gasteiger partial charge in [0.15, 0.2) is 0 Å². The van der Waals surface area contributed by atoms with Crippen molar-refractivity contribution >= 4 is 28.5 Å². The Morgan fingerprint density at radius 1 is 1.57 bits per heavy atom. The second kappa shape index (κ2) is 2.99. The molecular weight excluding hydrogens is 202 g/mol. The molecule has 0 radical (unpaired) electrons. The Morgan fingerprint density at radius 2 is 2.29 bits per heavy atom. The Labute approximate surface area is 85.1 Å². The van der Waals surface area contributed by atoms with Gasteiger partial charge in [0.1, 0.15) is 5.82 Å². The Hall–Kier alpha value is -1.55. The number of carbonyl (C=O) groups is 1. The fourth-order valence-electron chi connectivity index (χ4n) is 1.35. The van der Waals surface area contributed by atoms with Crippen molar-refractivity contribution in [1.82, 2.24) is 9.97 Å². The van der Waals surface area contributed by atoms with Gasteiger partial charge in [-0.15, -0.1) is 0 Å². The zero-order valence-corrected chi connectivity index (χ0v) is 8.22. The molecular formula is C9H8ClN3O. The number of rotatable bonds is 1. The number of primary amides is 1. The van der Waals surface area contributed by atoms with E-state index in [0.29, 0.717) is 16.1 Å². The van der Waals surface area contributed by atoms with Gasteiger partial charge < -0.3 is 10.7 Å². The lowest BCUT2D eigenvalue weighted by atomic mass is 10.2.